The van der Waals surface area contributed by atoms with Crippen LogP contribution in [0.15, 0.2) is 197 Å². The zero-order valence-corrected chi connectivity index (χ0v) is 57.6. The Morgan fingerprint density at radius 2 is 0.697 bits per heavy atom. The zero-order valence-electron chi connectivity index (χ0n) is 46.1. The number of benzene rings is 6. The van der Waals surface area contributed by atoms with Crippen LogP contribution in [-0.4, -0.2) is 22.5 Å². The fourth-order valence-electron chi connectivity index (χ4n) is 12.1. The molecule has 0 radical (unpaired) electrons. The normalized spacial score (nSPS) is 15.5. The molecule has 6 aromatic carbocycles. The minimum absolute atomic E-state index is 0.390. The minimum atomic E-state index is -0.390. The van der Waals surface area contributed by atoms with Crippen LogP contribution in [0.4, 0.5) is 5.69 Å². The van der Waals surface area contributed by atoms with Crippen LogP contribution in [0.2, 0.25) is 60.3 Å². The van der Waals surface area contributed by atoms with E-state index in [0.29, 0.717) is 145 Å². The van der Waals surface area contributed by atoms with Gasteiger partial charge >= 0.3 is 0 Å². The average molecular weight is 1460 g/mol. The number of hydrogen-bond donors (Lipinski definition) is 0. The molecule has 1 unspecified atom stereocenters. The molecule has 0 spiro atoms. The number of halogens is 12. The first-order chi connectivity index (χ1) is 43.0. The molecule has 5 aliphatic heterocycles. The Labute approximate surface area is 584 Å². The van der Waals surface area contributed by atoms with Crippen molar-refractivity contribution in [3.63, 3.8) is 0 Å². The summed E-state index contributed by atoms with van der Waals surface area (Å²) in [4.78, 5) is 16.8. The van der Waals surface area contributed by atoms with Gasteiger partial charge in [-0.2, -0.15) is 0 Å². The van der Waals surface area contributed by atoms with Crippen molar-refractivity contribution in [1.29, 1.82) is 0 Å². The molecule has 19 heteroatoms. The van der Waals surface area contributed by atoms with Gasteiger partial charge in [-0.3, -0.25) is 0 Å². The first-order valence-electron chi connectivity index (χ1n) is 27.5. The molecule has 1 atom stereocenters. The number of hydrogen-bond acceptors (Lipinski definition) is 6. The highest BCUT2D eigenvalue weighted by Crippen LogP contribution is 2.51. The average Bonchev–Trinajstić information content (AvgIpc) is 1.61. The summed E-state index contributed by atoms with van der Waals surface area (Å²) in [7, 11) is 0. The number of rotatable bonds is 7. The first kappa shape index (κ1) is 61.3. The molecule has 4 nitrogen and oxygen atoms in total. The maximum absolute atomic E-state index is 7.45. The van der Waals surface area contributed by atoms with Crippen molar-refractivity contribution in [2.75, 3.05) is 11.4 Å². The van der Waals surface area contributed by atoms with Gasteiger partial charge in [0.05, 0.1) is 104 Å². The molecule has 0 amide bonds. The van der Waals surface area contributed by atoms with E-state index in [9.17, 15) is 0 Å². The van der Waals surface area contributed by atoms with E-state index in [2.05, 4.69) is 53.6 Å². The van der Waals surface area contributed by atoms with E-state index in [1.165, 1.54) is 22.7 Å². The number of fused-ring (bicyclic) bond motifs is 1. The predicted octanol–water partition coefficient (Wildman–Crippen LogP) is 22.0. The molecule has 10 aromatic rings. The molecule has 0 saturated heterocycles. The van der Waals surface area contributed by atoms with Crippen LogP contribution in [0.3, 0.4) is 0 Å². The van der Waals surface area contributed by atoms with Gasteiger partial charge in [-0.05, 0) is 153 Å². The van der Waals surface area contributed by atoms with Gasteiger partial charge in [-0.25, -0.2) is 9.98 Å². The van der Waals surface area contributed by atoms with Gasteiger partial charge in [0.1, 0.15) is 6.17 Å². The Morgan fingerprint density at radius 3 is 1.09 bits per heavy atom. The highest BCUT2D eigenvalue weighted by atomic mass is 35.5. The maximum atomic E-state index is 7.45. The van der Waals surface area contributed by atoms with Crippen LogP contribution in [0.25, 0.3) is 33.4 Å². The predicted molar refractivity (Wildman–Crippen MR) is 386 cm³/mol. The van der Waals surface area contributed by atoms with E-state index in [-0.39, 0.29) is 0 Å². The van der Waals surface area contributed by atoms with Crippen LogP contribution in [0.5, 0.6) is 0 Å². The standard InChI is InChI=1S/C70H38Cl12N4S3/c1-3-85-33(2)86-50-26-27-51(86)69(63-44(81)20-9-21-45(63)82)70-52(85)32-57(89-70)67(61-40(77)16-7-17-41(61)78)49-25-24-48(84-49)65(59-36(73)12-5-13-37(59)74)54-29-28-53(87-54)64(58-34(71)10-4-11-35(58)72)46-22-23-47(83-46)66(60-38(75)14-6-15-39(60)76)55-30-31-56(88-55)68(50)62-42(79)18-8-19-43(62)80/h4-33H,3H2,1-2H3. The van der Waals surface area contributed by atoms with Crippen LogP contribution in [0.1, 0.15) is 72.9 Å². The highest BCUT2D eigenvalue weighted by molar-refractivity contribution is 7.15. The van der Waals surface area contributed by atoms with Crippen molar-refractivity contribution in [2.45, 2.75) is 20.0 Å². The van der Waals surface area contributed by atoms with E-state index < -0.39 is 6.17 Å². The second kappa shape index (κ2) is 24.7. The number of aliphatic imine (C=N–C) groups is 2. The quantitative estimate of drug-likeness (QED) is 0.157. The van der Waals surface area contributed by atoms with Crippen molar-refractivity contribution in [3.8, 4) is 0 Å². The molecule has 4 aromatic heterocycles. The lowest BCUT2D eigenvalue weighted by Crippen LogP contribution is -2.40. The van der Waals surface area contributed by atoms with E-state index >= 15 is 0 Å². The van der Waals surface area contributed by atoms with Gasteiger partial charge in [0.15, 0.2) is 0 Å². The topological polar surface area (TPSA) is 32.9 Å². The second-order valence-electron chi connectivity index (χ2n) is 20.8. The molecule has 440 valence electrons. The lowest BCUT2D eigenvalue weighted by atomic mass is 10.00. The molecule has 0 saturated carbocycles. The van der Waals surface area contributed by atoms with Crippen LogP contribution < -0.4 is 24.7 Å². The van der Waals surface area contributed by atoms with Gasteiger partial charge in [-0.15, -0.1) is 34.0 Å². The molecular weight excluding hydrogens is 1420 g/mol. The number of aromatic nitrogens is 1. The van der Waals surface area contributed by atoms with Crippen LogP contribution >= 0.6 is 173 Å². The van der Waals surface area contributed by atoms with Crippen molar-refractivity contribution in [1.82, 2.24) is 4.57 Å². The monoisotopic (exact) mass is 1450 g/mol. The molecule has 0 fully saturated rings. The smallest absolute Gasteiger partial charge is 0.103 e. The third kappa shape index (κ3) is 10.6. The summed E-state index contributed by atoms with van der Waals surface area (Å²) in [5.74, 6) is 0. The van der Waals surface area contributed by atoms with Gasteiger partial charge in [0.25, 0.3) is 0 Å². The zero-order chi connectivity index (χ0) is 61.8. The first-order valence-corrected chi connectivity index (χ1v) is 34.5. The van der Waals surface area contributed by atoms with Crippen LogP contribution in [0, 0.1) is 0 Å². The summed E-state index contributed by atoms with van der Waals surface area (Å²) in [5.41, 5.74) is 11.1. The third-order valence-electron chi connectivity index (χ3n) is 15.9. The summed E-state index contributed by atoms with van der Waals surface area (Å²) < 4.78 is 3.88. The molecule has 14 bridgehead atoms. The fraction of sp³-hybridized carbons (Fsp3) is 0.0571. The molecule has 5 aliphatic rings. The van der Waals surface area contributed by atoms with Gasteiger partial charge < -0.3 is 9.47 Å². The van der Waals surface area contributed by atoms with E-state index in [1.807, 2.05) is 146 Å². The Hall–Kier alpha value is -5.24. The van der Waals surface area contributed by atoms with Gasteiger partial charge in [0.2, 0.25) is 0 Å². The molecule has 9 heterocycles. The largest absolute Gasteiger partial charge is 0.350 e. The highest BCUT2D eigenvalue weighted by Gasteiger charge is 2.35. The van der Waals surface area contributed by atoms with E-state index in [1.54, 1.807) is 11.3 Å². The van der Waals surface area contributed by atoms with Crippen molar-refractivity contribution in [3.05, 3.63) is 320 Å². The molecule has 89 heavy (non-hydrogen) atoms. The molecule has 15 rings (SSSR count). The number of nitrogens with zero attached hydrogens (tertiary/aromatic N) is 4. The van der Waals surface area contributed by atoms with Gasteiger partial charge in [0, 0.05) is 97.1 Å². The van der Waals surface area contributed by atoms with E-state index in [4.69, 9.17) is 149 Å². The molecular formula is C70H38Cl12N4S3. The van der Waals surface area contributed by atoms with Crippen molar-refractivity contribution < 1.29 is 0 Å². The summed E-state index contributed by atoms with van der Waals surface area (Å²) >= 11 is 92.8. The van der Waals surface area contributed by atoms with Crippen LogP contribution in [-0.2, 0) is 0 Å². The Morgan fingerprint density at radius 1 is 0.360 bits per heavy atom. The third-order valence-corrected chi connectivity index (χ3v) is 23.0. The number of allylic oxidation sites excluding steroid dienone is 4. The number of anilines is 1. The molecule has 0 N–H and O–H groups in total. The summed E-state index contributed by atoms with van der Waals surface area (Å²) in [6.07, 6.45) is 7.48. The maximum Gasteiger partial charge on any atom is 0.103 e. The second-order valence-corrected chi connectivity index (χ2v) is 28.9. The molecule has 0 aliphatic carbocycles. The van der Waals surface area contributed by atoms with Crippen molar-refractivity contribution >= 4 is 224 Å². The summed E-state index contributed by atoms with van der Waals surface area (Å²) in [6.45, 7) is 4.88. The summed E-state index contributed by atoms with van der Waals surface area (Å²) in [5, 5.41) is 6.82. The summed E-state index contributed by atoms with van der Waals surface area (Å²) in [6, 6.07) is 47.6. The Balaban J connectivity index is 1.21. The lowest BCUT2D eigenvalue weighted by molar-refractivity contribution is 0.500. The minimum Gasteiger partial charge on any atom is -0.350 e. The SMILES string of the molecule is CCN1c2cc3sc2C(c2c(Cl)cccc2Cl)=c2ccc(n2C1C)=C(c1c(Cl)cccc1Cl)c1ccc(s1)C(c1c(Cl)cccc1Cl)=C1C=CC(=N1)C(c1c(Cl)cccc1Cl)=c1ccc(s1)=C(c1c(Cl)cccc1Cl)C1=NC(=C3c2c(Cl)cccc2Cl)C=C1. The fourth-order valence-corrected chi connectivity index (χ4v) is 19.2. The van der Waals surface area contributed by atoms with E-state index in [0.717, 1.165) is 56.1 Å². The number of thiophene rings is 3. The van der Waals surface area contributed by atoms with Gasteiger partial charge in [-0.1, -0.05) is 176 Å². The Bertz CT molecular complexity index is 5070. The lowest BCUT2D eigenvalue weighted by Gasteiger charge is -2.31. The van der Waals surface area contributed by atoms with Crippen molar-refractivity contribution in [2.24, 2.45) is 9.98 Å². The Kier molecular flexibility index (Phi) is 17.0.